The lowest BCUT2D eigenvalue weighted by Crippen LogP contribution is -2.00. The van der Waals surface area contributed by atoms with Gasteiger partial charge >= 0.3 is 0 Å². The fourth-order valence-electron chi connectivity index (χ4n) is 7.01. The van der Waals surface area contributed by atoms with Crippen LogP contribution in [0.4, 0.5) is 0 Å². The Morgan fingerprint density at radius 3 is 1.52 bits per heavy atom. The van der Waals surface area contributed by atoms with E-state index in [1.807, 2.05) is 84.9 Å². The van der Waals surface area contributed by atoms with Crippen LogP contribution in [0.2, 0.25) is 0 Å². The van der Waals surface area contributed by atoms with E-state index in [-0.39, 0.29) is 0 Å². The van der Waals surface area contributed by atoms with E-state index >= 15 is 0 Å². The van der Waals surface area contributed by atoms with Crippen molar-refractivity contribution in [1.29, 1.82) is 0 Å². The van der Waals surface area contributed by atoms with Crippen molar-refractivity contribution < 1.29 is 4.42 Å². The molecule has 0 N–H and O–H groups in total. The number of hydrogen-bond donors (Lipinski definition) is 0. The third-order valence-electron chi connectivity index (χ3n) is 9.48. The van der Waals surface area contributed by atoms with E-state index in [4.69, 9.17) is 24.4 Å². The summed E-state index contributed by atoms with van der Waals surface area (Å²) in [6.45, 7) is 0. The monoisotopic (exact) mass is 667 g/mol. The molecule has 0 amide bonds. The van der Waals surface area contributed by atoms with Gasteiger partial charge in [-0.15, -0.1) is 0 Å². The summed E-state index contributed by atoms with van der Waals surface area (Å²) in [5, 5.41) is 1.97. The predicted molar refractivity (Wildman–Crippen MR) is 209 cm³/mol. The largest absolute Gasteiger partial charge is 0.455 e. The fraction of sp³-hybridized carbons (Fsp3) is 0. The average molecular weight is 668 g/mol. The molecule has 3 heterocycles. The maximum absolute atomic E-state index is 6.94. The molecule has 0 aliphatic heterocycles. The molecule has 0 fully saturated rings. The molecule has 0 saturated heterocycles. The van der Waals surface area contributed by atoms with Crippen LogP contribution in [0.1, 0.15) is 0 Å². The second kappa shape index (κ2) is 12.3. The van der Waals surface area contributed by atoms with Gasteiger partial charge < -0.3 is 4.42 Å². The van der Waals surface area contributed by atoms with Crippen molar-refractivity contribution in [3.63, 3.8) is 0 Å². The van der Waals surface area contributed by atoms with Gasteiger partial charge in [-0.2, -0.15) is 0 Å². The van der Waals surface area contributed by atoms with E-state index < -0.39 is 0 Å². The first-order valence-corrected chi connectivity index (χ1v) is 17.2. The molecular formula is C46H29N5O. The lowest BCUT2D eigenvalue weighted by atomic mass is 10.1. The molecule has 10 aromatic rings. The first-order valence-electron chi connectivity index (χ1n) is 17.2. The highest BCUT2D eigenvalue weighted by Gasteiger charge is 2.22. The molecule has 0 aliphatic rings. The van der Waals surface area contributed by atoms with Gasteiger partial charge in [0.05, 0.1) is 22.2 Å². The lowest BCUT2D eigenvalue weighted by molar-refractivity contribution is 0.670. The summed E-state index contributed by atoms with van der Waals surface area (Å²) in [4.78, 5) is 20.2. The molecule has 0 aliphatic carbocycles. The number of nitrogens with zero attached hydrogens (tertiary/aromatic N) is 5. The van der Waals surface area contributed by atoms with E-state index in [1.165, 1.54) is 0 Å². The number of aromatic nitrogens is 5. The van der Waals surface area contributed by atoms with Gasteiger partial charge in [-0.3, -0.25) is 4.57 Å². The number of benzene rings is 7. The molecule has 244 valence electrons. The van der Waals surface area contributed by atoms with Gasteiger partial charge in [0.25, 0.3) is 0 Å². The molecule has 3 aromatic heterocycles. The summed E-state index contributed by atoms with van der Waals surface area (Å²) in [6, 6.07) is 59.8. The molecule has 0 atom stereocenters. The molecule has 10 rings (SSSR count). The minimum atomic E-state index is 0.545. The summed E-state index contributed by atoms with van der Waals surface area (Å²) >= 11 is 0. The molecule has 0 unspecified atom stereocenters. The quantitative estimate of drug-likeness (QED) is 0.176. The van der Waals surface area contributed by atoms with E-state index in [0.29, 0.717) is 23.1 Å². The molecule has 6 nitrogen and oxygen atoms in total. The number of hydrogen-bond acceptors (Lipinski definition) is 5. The normalized spacial score (nSPS) is 11.5. The van der Waals surface area contributed by atoms with E-state index in [2.05, 4.69) is 95.6 Å². The third-order valence-corrected chi connectivity index (χ3v) is 9.48. The molecule has 6 heteroatoms. The summed E-state index contributed by atoms with van der Waals surface area (Å²) in [7, 11) is 0. The zero-order chi connectivity index (χ0) is 34.4. The summed E-state index contributed by atoms with van der Waals surface area (Å²) in [5.41, 5.74) is 10.2. The number of furan rings is 1. The SMILES string of the molecule is c1ccc(-c2ccc3nc(-c4cccc5c4oc4c(-c6nc(-c7ccccc7)nc(-c7ccccc7)n6)cccc45)n(-c4ccccc4)c3c2)cc1. The average Bonchev–Trinajstić information content (AvgIpc) is 3.81. The standard InChI is InChI=1S/C46H29N5O/c1-5-15-30(16-6-1)33-27-28-39-40(29-33)51(34-21-11-4-12-22-34)46(47-39)38-26-14-24-36-35-23-13-25-37(41(35)52-42(36)38)45-49-43(31-17-7-2-8-18-31)48-44(50-45)32-19-9-3-10-20-32/h1-29H. The topological polar surface area (TPSA) is 69.6 Å². The van der Waals surface area contributed by atoms with E-state index in [9.17, 15) is 0 Å². The Morgan fingerprint density at radius 1 is 0.385 bits per heavy atom. The summed E-state index contributed by atoms with van der Waals surface area (Å²) in [5.74, 6) is 2.55. The van der Waals surface area contributed by atoms with Crippen molar-refractivity contribution in [3.8, 4) is 62.4 Å². The Hall–Kier alpha value is -7.18. The number of imidazole rings is 1. The number of fused-ring (bicyclic) bond motifs is 4. The lowest BCUT2D eigenvalue weighted by Gasteiger charge is -2.10. The molecule has 0 saturated carbocycles. The van der Waals surface area contributed by atoms with Crippen molar-refractivity contribution >= 4 is 33.0 Å². The zero-order valence-corrected chi connectivity index (χ0v) is 27.9. The number of rotatable bonds is 6. The van der Waals surface area contributed by atoms with Crippen molar-refractivity contribution in [1.82, 2.24) is 24.5 Å². The van der Waals surface area contributed by atoms with Crippen LogP contribution in [0.5, 0.6) is 0 Å². The molecule has 0 spiro atoms. The minimum Gasteiger partial charge on any atom is -0.455 e. The highest BCUT2D eigenvalue weighted by molar-refractivity contribution is 6.12. The Balaban J connectivity index is 1.20. The van der Waals surface area contributed by atoms with Crippen molar-refractivity contribution in [2.45, 2.75) is 0 Å². The highest BCUT2D eigenvalue weighted by atomic mass is 16.3. The second-order valence-corrected chi connectivity index (χ2v) is 12.7. The Morgan fingerprint density at radius 2 is 0.904 bits per heavy atom. The predicted octanol–water partition coefficient (Wildman–Crippen LogP) is 11.4. The van der Waals surface area contributed by atoms with Crippen molar-refractivity contribution in [2.75, 3.05) is 0 Å². The first-order chi connectivity index (χ1) is 25.8. The Labute approximate surface area is 299 Å². The maximum atomic E-state index is 6.94. The zero-order valence-electron chi connectivity index (χ0n) is 27.9. The van der Waals surface area contributed by atoms with Gasteiger partial charge in [-0.25, -0.2) is 19.9 Å². The molecular weight excluding hydrogens is 639 g/mol. The molecule has 0 radical (unpaired) electrons. The molecule has 7 aromatic carbocycles. The fourth-order valence-corrected chi connectivity index (χ4v) is 7.01. The summed E-state index contributed by atoms with van der Waals surface area (Å²) in [6.07, 6.45) is 0. The van der Waals surface area contributed by atoms with Gasteiger partial charge in [-0.1, -0.05) is 140 Å². The Bertz CT molecular complexity index is 2820. The van der Waals surface area contributed by atoms with Gasteiger partial charge in [0.15, 0.2) is 17.5 Å². The van der Waals surface area contributed by atoms with Gasteiger partial charge in [0.2, 0.25) is 0 Å². The second-order valence-electron chi connectivity index (χ2n) is 12.7. The minimum absolute atomic E-state index is 0.545. The van der Waals surface area contributed by atoms with E-state index in [0.717, 1.165) is 72.3 Å². The maximum Gasteiger partial charge on any atom is 0.167 e. The van der Waals surface area contributed by atoms with Gasteiger partial charge in [-0.05, 0) is 47.5 Å². The number of para-hydroxylation sites is 3. The van der Waals surface area contributed by atoms with Crippen LogP contribution in [-0.4, -0.2) is 24.5 Å². The van der Waals surface area contributed by atoms with Gasteiger partial charge in [0, 0.05) is 27.6 Å². The van der Waals surface area contributed by atoms with Crippen LogP contribution in [0, 0.1) is 0 Å². The van der Waals surface area contributed by atoms with Crippen molar-refractivity contribution in [2.24, 2.45) is 0 Å². The van der Waals surface area contributed by atoms with Crippen molar-refractivity contribution in [3.05, 3.63) is 176 Å². The van der Waals surface area contributed by atoms with Crippen LogP contribution >= 0.6 is 0 Å². The highest BCUT2D eigenvalue weighted by Crippen LogP contribution is 2.41. The van der Waals surface area contributed by atoms with E-state index in [1.54, 1.807) is 0 Å². The summed E-state index contributed by atoms with van der Waals surface area (Å²) < 4.78 is 9.17. The first kappa shape index (κ1) is 29.7. The van der Waals surface area contributed by atoms with Crippen LogP contribution in [0.3, 0.4) is 0 Å². The van der Waals surface area contributed by atoms with Crippen LogP contribution in [0.25, 0.3) is 95.3 Å². The third kappa shape index (κ3) is 5.05. The van der Waals surface area contributed by atoms with Crippen LogP contribution in [0.15, 0.2) is 180 Å². The van der Waals surface area contributed by atoms with Crippen LogP contribution in [-0.2, 0) is 0 Å². The molecule has 0 bridgehead atoms. The van der Waals surface area contributed by atoms with Gasteiger partial charge in [0.1, 0.15) is 17.0 Å². The molecule has 52 heavy (non-hydrogen) atoms. The Kier molecular flexibility index (Phi) is 7.03. The van der Waals surface area contributed by atoms with Crippen LogP contribution < -0.4 is 0 Å². The smallest absolute Gasteiger partial charge is 0.167 e.